The van der Waals surface area contributed by atoms with Crippen LogP contribution in [-0.2, 0) is 0 Å². The molecule has 0 bridgehead atoms. The molecule has 0 saturated carbocycles. The van der Waals surface area contributed by atoms with Crippen molar-refractivity contribution in [3.05, 3.63) is 12.2 Å². The van der Waals surface area contributed by atoms with Crippen LogP contribution in [-0.4, -0.2) is 11.7 Å². The Morgan fingerprint density at radius 2 is 2.43 bits per heavy atom. The number of aliphatic hydroxyl groups is 1. The van der Waals surface area contributed by atoms with Gasteiger partial charge in [0.1, 0.15) is 6.61 Å². The molecule has 0 heterocycles. The molecular formula is C6H8O. The highest BCUT2D eigenvalue weighted by Gasteiger charge is 1.54. The Morgan fingerprint density at radius 1 is 1.71 bits per heavy atom. The zero-order valence-electron chi connectivity index (χ0n) is 4.31. The molecule has 0 aromatic rings. The van der Waals surface area contributed by atoms with Crippen molar-refractivity contribution < 1.29 is 5.11 Å². The standard InChI is InChI=1S/C6H8O/c1-2-3-4-5-6-7/h2-3,7H,6H2,1H3/b3-2+. The summed E-state index contributed by atoms with van der Waals surface area (Å²) in [6.45, 7) is 1.83. The number of rotatable bonds is 0. The van der Waals surface area contributed by atoms with E-state index in [1.54, 1.807) is 6.08 Å². The van der Waals surface area contributed by atoms with E-state index in [1.165, 1.54) is 0 Å². The van der Waals surface area contributed by atoms with E-state index in [0.29, 0.717) is 0 Å². The summed E-state index contributed by atoms with van der Waals surface area (Å²) in [6, 6.07) is 0. The molecule has 0 aromatic carbocycles. The summed E-state index contributed by atoms with van der Waals surface area (Å²) >= 11 is 0. The quantitative estimate of drug-likeness (QED) is 0.437. The minimum Gasteiger partial charge on any atom is -0.384 e. The van der Waals surface area contributed by atoms with Crippen molar-refractivity contribution in [3.63, 3.8) is 0 Å². The van der Waals surface area contributed by atoms with Crippen LogP contribution >= 0.6 is 0 Å². The largest absolute Gasteiger partial charge is 0.384 e. The molecule has 0 spiro atoms. The smallest absolute Gasteiger partial charge is 0.104 e. The highest BCUT2D eigenvalue weighted by molar-refractivity contribution is 5.14. The van der Waals surface area contributed by atoms with Crippen LogP contribution in [0, 0.1) is 11.8 Å². The molecule has 0 amide bonds. The lowest BCUT2D eigenvalue weighted by Crippen LogP contribution is -1.67. The van der Waals surface area contributed by atoms with Gasteiger partial charge in [0.05, 0.1) is 0 Å². The molecule has 1 nitrogen and oxygen atoms in total. The summed E-state index contributed by atoms with van der Waals surface area (Å²) in [4.78, 5) is 0. The van der Waals surface area contributed by atoms with E-state index in [0.717, 1.165) is 0 Å². The van der Waals surface area contributed by atoms with Gasteiger partial charge in [0.25, 0.3) is 0 Å². The predicted molar refractivity (Wildman–Crippen MR) is 29.7 cm³/mol. The van der Waals surface area contributed by atoms with Crippen LogP contribution in [0.4, 0.5) is 0 Å². The SMILES string of the molecule is C/C=C/C#CCO. The summed E-state index contributed by atoms with van der Waals surface area (Å²) in [5, 5.41) is 8.09. The third kappa shape index (κ3) is 5.26. The van der Waals surface area contributed by atoms with E-state index in [9.17, 15) is 0 Å². The molecule has 38 valence electrons. The van der Waals surface area contributed by atoms with Gasteiger partial charge in [-0.3, -0.25) is 0 Å². The number of aliphatic hydroxyl groups excluding tert-OH is 1. The lowest BCUT2D eigenvalue weighted by molar-refractivity contribution is 0.350. The molecule has 0 aliphatic rings. The predicted octanol–water partition coefficient (Wildman–Crippen LogP) is 0.558. The van der Waals surface area contributed by atoms with Gasteiger partial charge >= 0.3 is 0 Å². The van der Waals surface area contributed by atoms with Gasteiger partial charge in [-0.25, -0.2) is 0 Å². The monoisotopic (exact) mass is 96.1 g/mol. The highest BCUT2D eigenvalue weighted by Crippen LogP contribution is 1.62. The van der Waals surface area contributed by atoms with Crippen molar-refractivity contribution in [2.75, 3.05) is 6.61 Å². The first-order valence-electron chi connectivity index (χ1n) is 2.12. The topological polar surface area (TPSA) is 20.2 Å². The van der Waals surface area contributed by atoms with Crippen LogP contribution in [0.3, 0.4) is 0 Å². The van der Waals surface area contributed by atoms with Gasteiger partial charge in [-0.15, -0.1) is 0 Å². The van der Waals surface area contributed by atoms with Crippen molar-refractivity contribution in [1.82, 2.24) is 0 Å². The van der Waals surface area contributed by atoms with Gasteiger partial charge in [-0.05, 0) is 13.0 Å². The molecule has 0 unspecified atom stereocenters. The van der Waals surface area contributed by atoms with Gasteiger partial charge in [-0.1, -0.05) is 17.9 Å². The van der Waals surface area contributed by atoms with E-state index in [1.807, 2.05) is 13.0 Å². The van der Waals surface area contributed by atoms with Crippen molar-refractivity contribution >= 4 is 0 Å². The third-order valence-electron chi connectivity index (χ3n) is 0.431. The van der Waals surface area contributed by atoms with Gasteiger partial charge in [-0.2, -0.15) is 0 Å². The van der Waals surface area contributed by atoms with E-state index in [-0.39, 0.29) is 6.61 Å². The molecular weight excluding hydrogens is 88.1 g/mol. The highest BCUT2D eigenvalue weighted by atomic mass is 16.2. The normalized spacial score (nSPS) is 8.29. The van der Waals surface area contributed by atoms with Crippen LogP contribution in [0.15, 0.2) is 12.2 Å². The number of allylic oxidation sites excluding steroid dienone is 2. The summed E-state index contributed by atoms with van der Waals surface area (Å²) in [7, 11) is 0. The first-order chi connectivity index (χ1) is 3.41. The maximum atomic E-state index is 8.09. The molecule has 1 N–H and O–H groups in total. The van der Waals surface area contributed by atoms with Crippen LogP contribution in [0.5, 0.6) is 0 Å². The lowest BCUT2D eigenvalue weighted by Gasteiger charge is -1.64. The molecule has 0 fully saturated rings. The first kappa shape index (κ1) is 6.26. The molecule has 0 atom stereocenters. The average molecular weight is 96.1 g/mol. The van der Waals surface area contributed by atoms with Crippen LogP contribution in [0.1, 0.15) is 6.92 Å². The summed E-state index contributed by atoms with van der Waals surface area (Å²) in [6.07, 6.45) is 3.51. The first-order valence-corrected chi connectivity index (χ1v) is 2.12. The van der Waals surface area contributed by atoms with Crippen molar-refractivity contribution in [2.45, 2.75) is 6.92 Å². The Balaban J connectivity index is 3.25. The van der Waals surface area contributed by atoms with E-state index >= 15 is 0 Å². The second-order valence-electron chi connectivity index (χ2n) is 0.979. The third-order valence-corrected chi connectivity index (χ3v) is 0.431. The van der Waals surface area contributed by atoms with E-state index in [2.05, 4.69) is 11.8 Å². The van der Waals surface area contributed by atoms with E-state index in [4.69, 9.17) is 5.11 Å². The molecule has 7 heavy (non-hydrogen) atoms. The second kappa shape index (κ2) is 5.26. The minimum absolute atomic E-state index is 0.0513. The van der Waals surface area contributed by atoms with Gasteiger partial charge < -0.3 is 5.11 Å². The molecule has 0 saturated heterocycles. The number of hydrogen-bond acceptors (Lipinski definition) is 1. The Morgan fingerprint density at radius 3 is 2.86 bits per heavy atom. The summed E-state index contributed by atoms with van der Waals surface area (Å²) in [5.41, 5.74) is 0. The maximum Gasteiger partial charge on any atom is 0.104 e. The Hall–Kier alpha value is -0.740. The molecule has 0 rings (SSSR count). The summed E-state index contributed by atoms with van der Waals surface area (Å²) in [5.74, 6) is 5.07. The average Bonchev–Trinajstić information content (AvgIpc) is 1.69. The Labute approximate surface area is 43.7 Å². The van der Waals surface area contributed by atoms with Crippen LogP contribution < -0.4 is 0 Å². The van der Waals surface area contributed by atoms with Crippen LogP contribution in [0.2, 0.25) is 0 Å². The van der Waals surface area contributed by atoms with Gasteiger partial charge in [0.15, 0.2) is 0 Å². The van der Waals surface area contributed by atoms with Crippen LogP contribution in [0.25, 0.3) is 0 Å². The zero-order chi connectivity index (χ0) is 5.54. The Kier molecular flexibility index (Phi) is 4.70. The minimum atomic E-state index is -0.0513. The molecule has 0 aliphatic heterocycles. The van der Waals surface area contributed by atoms with E-state index < -0.39 is 0 Å². The molecule has 0 aromatic heterocycles. The number of hydrogen-bond donors (Lipinski definition) is 1. The van der Waals surface area contributed by atoms with Crippen molar-refractivity contribution in [3.8, 4) is 11.8 Å². The maximum absolute atomic E-state index is 8.09. The van der Waals surface area contributed by atoms with Crippen molar-refractivity contribution in [1.29, 1.82) is 0 Å². The molecule has 1 heteroatoms. The van der Waals surface area contributed by atoms with Crippen molar-refractivity contribution in [2.24, 2.45) is 0 Å². The summed E-state index contributed by atoms with van der Waals surface area (Å²) < 4.78 is 0. The molecule has 0 aliphatic carbocycles. The van der Waals surface area contributed by atoms with Gasteiger partial charge in [0, 0.05) is 0 Å². The second-order valence-corrected chi connectivity index (χ2v) is 0.979. The fourth-order valence-corrected chi connectivity index (χ4v) is 0.188. The Bertz CT molecular complexity index is 103. The fraction of sp³-hybridized carbons (Fsp3) is 0.333. The fourth-order valence-electron chi connectivity index (χ4n) is 0.188. The molecule has 0 radical (unpaired) electrons. The lowest BCUT2D eigenvalue weighted by atomic mass is 10.5. The van der Waals surface area contributed by atoms with Gasteiger partial charge in [0.2, 0.25) is 0 Å². The zero-order valence-corrected chi connectivity index (χ0v) is 4.31.